The fraction of sp³-hybridized carbons (Fsp3) is 0.946. The molecule has 1 fully saturated rings. The molecule has 1 aliphatic rings. The van der Waals surface area contributed by atoms with Crippen LogP contribution in [0.3, 0.4) is 0 Å². The topological polar surface area (TPSA) is 426 Å². The van der Waals surface area contributed by atoms with Crippen LogP contribution in [0.1, 0.15) is 277 Å². The van der Waals surface area contributed by atoms with Gasteiger partial charge >= 0.3 is 69.9 Å². The van der Waals surface area contributed by atoms with Gasteiger partial charge in [0.15, 0.2) is 6.10 Å². The molecule has 7 atom stereocenters. The molecule has 28 nitrogen and oxygen atoms in total. The molecule has 0 saturated carbocycles. The molecule has 0 bridgehead atoms. The summed E-state index contributed by atoms with van der Waals surface area (Å²) in [5.74, 6) is -7.79. The van der Waals surface area contributed by atoms with E-state index in [1.54, 1.807) is 0 Å². The Labute approximate surface area is 530 Å². The fourth-order valence-corrected chi connectivity index (χ4v) is 12.8. The highest BCUT2D eigenvalue weighted by atomic mass is 32.3. The smallest absolute Gasteiger partial charge is 0.397 e. The number of esters is 2. The molecule has 33 heteroatoms. The van der Waals surface area contributed by atoms with Crippen molar-refractivity contribution >= 4 is 69.9 Å². The van der Waals surface area contributed by atoms with E-state index in [0.29, 0.717) is 25.7 Å². The molecule has 0 spiro atoms. The summed E-state index contributed by atoms with van der Waals surface area (Å²) in [6.45, 7) is 0.309. The van der Waals surface area contributed by atoms with Gasteiger partial charge in [-0.3, -0.25) is 32.4 Å². The molecule has 0 aromatic heterocycles. The van der Waals surface area contributed by atoms with Gasteiger partial charge in [0.25, 0.3) is 5.79 Å². The summed E-state index contributed by atoms with van der Waals surface area (Å²) in [6, 6.07) is 0. The monoisotopic (exact) mass is 1390 g/mol. The van der Waals surface area contributed by atoms with Crippen molar-refractivity contribution < 1.29 is 124 Å². The van der Waals surface area contributed by atoms with E-state index in [-0.39, 0.29) is 12.8 Å². The highest BCUT2D eigenvalue weighted by Crippen LogP contribution is 2.39. The number of hydrogen-bond acceptors (Lipinski definition) is 22. The van der Waals surface area contributed by atoms with E-state index in [1.165, 1.54) is 148 Å². The number of aliphatic carboxylic acids is 1. The maximum absolute atomic E-state index is 13.4. The van der Waals surface area contributed by atoms with E-state index in [1.807, 2.05) is 0 Å². The lowest BCUT2D eigenvalue weighted by Crippen LogP contribution is -2.66. The lowest BCUT2D eigenvalue weighted by molar-refractivity contribution is -0.323. The first-order chi connectivity index (χ1) is 41.9. The molecule has 1 saturated heterocycles. The van der Waals surface area contributed by atoms with Gasteiger partial charge in [-0.15, -0.1) is 0 Å². The highest BCUT2D eigenvalue weighted by Gasteiger charge is 2.61. The molecular formula is C56H106O28S5. The van der Waals surface area contributed by atoms with Crippen LogP contribution in [0, 0.1) is 0 Å². The summed E-state index contributed by atoms with van der Waals surface area (Å²) in [5, 5.41) is 10.7. The normalized spacial score (nSPS) is 18.8. The van der Waals surface area contributed by atoms with E-state index in [9.17, 15) is 84.3 Å². The Hall–Kier alpha value is -2.32. The molecule has 6 N–H and O–H groups in total. The SMILES string of the molecule is CCCCCCCCCCCCCCCCCCCCCC(=O)OC[C@H](CO[C@]1(C(=O)O)C[C@H](OS(=O)(=O)O)[C@@H](OS(=O)(=O)O)[C@H]([C@H](OS(=O)(=O)O)[C@@H](COS(=O)(=O)O)OS(=O)(=O)O)O1)OC(=O)CCCCCCCCCCCCCCCCCCCCC. The number of ether oxygens (including phenoxy) is 4. The lowest BCUT2D eigenvalue weighted by Gasteiger charge is -2.46. The van der Waals surface area contributed by atoms with Crippen molar-refractivity contribution in [3.63, 3.8) is 0 Å². The molecule has 0 radical (unpaired) electrons. The third kappa shape index (κ3) is 47.3. The largest absolute Gasteiger partial charge is 0.477 e. The van der Waals surface area contributed by atoms with Crippen molar-refractivity contribution in [2.24, 2.45) is 0 Å². The predicted molar refractivity (Wildman–Crippen MR) is 326 cm³/mol. The van der Waals surface area contributed by atoms with Crippen molar-refractivity contribution in [1.29, 1.82) is 0 Å². The Morgan fingerprint density at radius 3 is 1.11 bits per heavy atom. The Bertz CT molecular complexity index is 2480. The number of carboxylic acids is 1. The van der Waals surface area contributed by atoms with Gasteiger partial charge < -0.3 is 24.1 Å². The maximum atomic E-state index is 13.4. The summed E-state index contributed by atoms with van der Waals surface area (Å²) < 4.78 is 212. The molecule has 89 heavy (non-hydrogen) atoms. The minimum absolute atomic E-state index is 0.101. The first kappa shape index (κ1) is 84.7. The summed E-state index contributed by atoms with van der Waals surface area (Å²) in [5.41, 5.74) is 0. The van der Waals surface area contributed by atoms with Gasteiger partial charge in [0.2, 0.25) is 0 Å². The molecule has 0 amide bonds. The van der Waals surface area contributed by atoms with Gasteiger partial charge in [0.1, 0.15) is 37.1 Å². The van der Waals surface area contributed by atoms with Gasteiger partial charge in [-0.05, 0) is 12.8 Å². The summed E-state index contributed by atoms with van der Waals surface area (Å²) in [4.78, 5) is 39.7. The van der Waals surface area contributed by atoms with Crippen LogP contribution in [-0.4, -0.2) is 150 Å². The first-order valence-corrected chi connectivity index (χ1v) is 38.9. The van der Waals surface area contributed by atoms with E-state index >= 15 is 0 Å². The number of unbranched alkanes of at least 4 members (excludes halogenated alkanes) is 36. The summed E-state index contributed by atoms with van der Waals surface area (Å²) in [6.07, 6.45) is 22.8. The second kappa shape index (κ2) is 47.5. The zero-order chi connectivity index (χ0) is 66.7. The minimum Gasteiger partial charge on any atom is -0.477 e. The Morgan fingerprint density at radius 1 is 0.438 bits per heavy atom. The van der Waals surface area contributed by atoms with Gasteiger partial charge in [-0.2, -0.15) is 42.1 Å². The van der Waals surface area contributed by atoms with Crippen molar-refractivity contribution in [1.82, 2.24) is 0 Å². The number of rotatable bonds is 60. The van der Waals surface area contributed by atoms with E-state index < -0.39 is 139 Å². The van der Waals surface area contributed by atoms with E-state index in [4.69, 9.17) is 18.9 Å². The third-order valence-corrected chi connectivity index (χ3v) is 17.4. The van der Waals surface area contributed by atoms with Crippen LogP contribution < -0.4 is 0 Å². The number of carboxylic acid groups (broad SMARTS) is 1. The van der Waals surface area contributed by atoms with Gasteiger partial charge in [-0.25, -0.2) is 25.7 Å². The Kier molecular flexibility index (Phi) is 45.2. The first-order valence-electron chi connectivity index (χ1n) is 32.0. The Morgan fingerprint density at radius 2 is 0.787 bits per heavy atom. The van der Waals surface area contributed by atoms with Crippen LogP contribution in [-0.2, 0) is 106 Å². The zero-order valence-electron chi connectivity index (χ0n) is 52.3. The molecule has 528 valence electrons. The molecule has 0 unspecified atom stereocenters. The van der Waals surface area contributed by atoms with Crippen LogP contribution >= 0.6 is 0 Å². The van der Waals surface area contributed by atoms with Gasteiger partial charge in [0, 0.05) is 19.3 Å². The predicted octanol–water partition coefficient (Wildman–Crippen LogP) is 11.2. The fourth-order valence-electron chi connectivity index (χ4n) is 10.5. The van der Waals surface area contributed by atoms with Crippen molar-refractivity contribution in [2.75, 3.05) is 19.8 Å². The number of carbonyl (C=O) groups excluding carboxylic acids is 2. The maximum Gasteiger partial charge on any atom is 0.397 e. The van der Waals surface area contributed by atoms with Crippen molar-refractivity contribution in [3.8, 4) is 0 Å². The third-order valence-electron chi connectivity index (χ3n) is 15.0. The lowest BCUT2D eigenvalue weighted by atomic mass is 9.90. The quantitative estimate of drug-likeness (QED) is 0.0187. The average molecular weight is 1390 g/mol. The van der Waals surface area contributed by atoms with E-state index in [2.05, 4.69) is 34.8 Å². The minimum atomic E-state index is -6.18. The number of carbonyl (C=O) groups is 3. The van der Waals surface area contributed by atoms with Crippen molar-refractivity contribution in [3.05, 3.63) is 0 Å². The van der Waals surface area contributed by atoms with Crippen LogP contribution in [0.2, 0.25) is 0 Å². The molecular weight excluding hydrogens is 1280 g/mol. The molecule has 0 aromatic rings. The van der Waals surface area contributed by atoms with Crippen LogP contribution in [0.15, 0.2) is 0 Å². The molecule has 0 aromatic carbocycles. The van der Waals surface area contributed by atoms with Crippen LogP contribution in [0.5, 0.6) is 0 Å². The number of hydrogen-bond donors (Lipinski definition) is 6. The Balaban J connectivity index is 3.21. The van der Waals surface area contributed by atoms with Crippen LogP contribution in [0.25, 0.3) is 0 Å². The average Bonchev–Trinajstić information content (AvgIpc) is 0.814. The summed E-state index contributed by atoms with van der Waals surface area (Å²) >= 11 is 0. The van der Waals surface area contributed by atoms with Gasteiger partial charge in [0.05, 0.1) is 13.2 Å². The highest BCUT2D eigenvalue weighted by molar-refractivity contribution is 7.82. The van der Waals surface area contributed by atoms with E-state index in [0.717, 1.165) is 70.6 Å². The van der Waals surface area contributed by atoms with Gasteiger partial charge in [-0.1, -0.05) is 245 Å². The molecule has 0 aliphatic carbocycles. The molecule has 1 aliphatic heterocycles. The molecule has 1 heterocycles. The molecule has 1 rings (SSSR count). The summed E-state index contributed by atoms with van der Waals surface area (Å²) in [7, 11) is -30.0. The van der Waals surface area contributed by atoms with Crippen LogP contribution in [0.4, 0.5) is 0 Å². The second-order valence-electron chi connectivity index (χ2n) is 23.0. The van der Waals surface area contributed by atoms with Crippen molar-refractivity contribution in [2.45, 2.75) is 320 Å². The zero-order valence-corrected chi connectivity index (χ0v) is 56.4. The second-order valence-corrected chi connectivity index (χ2v) is 28.3. The standard InChI is InChI=1S/C56H106O28S5/c1-3-5-7-9-11-13-15-17-19-21-23-25-27-29-31-33-35-37-39-41-50(57)76-44-47(79-51(58)42-40-38-36-34-32-30-28-26-24-22-20-18-16-14-12-10-8-6-4-2)45-77-56(55(59)60)43-48(81-86(64,65)66)52(83-88(70,71)72)54(80-56)53(84-89(73,74)75)49(82-87(67,68)69)46-78-85(61,62)63/h47-49,52-54H,3-46H2,1-2H3,(H,59,60)(H,61,62,63)(H,64,65,66)(H,67,68,69)(H,70,71,72)(H,73,74,75)/t47-,48+,49-,52-,53-,54-,56-/m1/s1.